The van der Waals surface area contributed by atoms with Gasteiger partial charge in [-0.15, -0.1) is 0 Å². The van der Waals surface area contributed by atoms with E-state index in [0.29, 0.717) is 45.3 Å². The van der Waals surface area contributed by atoms with Crippen molar-refractivity contribution in [2.45, 2.75) is 39.3 Å². The van der Waals surface area contributed by atoms with Crippen molar-refractivity contribution in [3.8, 4) is 5.95 Å². The van der Waals surface area contributed by atoms with Crippen molar-refractivity contribution in [2.75, 3.05) is 50.8 Å². The molecule has 2 aliphatic rings. The van der Waals surface area contributed by atoms with Gasteiger partial charge in [-0.05, 0) is 26.0 Å². The van der Waals surface area contributed by atoms with Crippen LogP contribution in [0.3, 0.4) is 0 Å². The van der Waals surface area contributed by atoms with Crippen LogP contribution in [0.1, 0.15) is 32.4 Å². The highest BCUT2D eigenvalue weighted by molar-refractivity contribution is 5.86. The molecule has 1 aromatic carbocycles. The minimum atomic E-state index is -0.876. The first-order valence-corrected chi connectivity index (χ1v) is 13.5. The first-order chi connectivity index (χ1) is 18.8. The molecule has 12 nitrogen and oxygen atoms in total. The van der Waals surface area contributed by atoms with Crippen LogP contribution in [0.25, 0.3) is 28.1 Å². The monoisotopic (exact) mass is 533 g/mol. The van der Waals surface area contributed by atoms with E-state index < -0.39 is 11.6 Å². The summed E-state index contributed by atoms with van der Waals surface area (Å²) in [6.07, 6.45) is -0.128. The Morgan fingerprint density at radius 2 is 1.79 bits per heavy atom. The largest absolute Gasteiger partial charge is 0.465 e. The van der Waals surface area contributed by atoms with E-state index in [1.165, 1.54) is 4.90 Å². The Hall–Kier alpha value is -3.77. The number of aryl methyl sites for hydroxylation is 2. The molecule has 0 radical (unpaired) electrons. The number of nitrogens with zero attached hydrogens (tertiary/aromatic N) is 9. The zero-order valence-electron chi connectivity index (χ0n) is 23.0. The van der Waals surface area contributed by atoms with Crippen LogP contribution in [-0.2, 0) is 24.8 Å². The lowest BCUT2D eigenvalue weighted by atomic mass is 9.99. The average Bonchev–Trinajstić information content (AvgIpc) is 3.45. The summed E-state index contributed by atoms with van der Waals surface area (Å²) >= 11 is 0. The third-order valence-corrected chi connectivity index (χ3v) is 7.82. The molecule has 39 heavy (non-hydrogen) atoms. The van der Waals surface area contributed by atoms with Gasteiger partial charge in [0.2, 0.25) is 5.95 Å². The van der Waals surface area contributed by atoms with Crippen LogP contribution < -0.4 is 4.90 Å². The number of hydrogen-bond acceptors (Lipinski definition) is 8. The zero-order chi connectivity index (χ0) is 27.3. The minimum absolute atomic E-state index is 0.461. The summed E-state index contributed by atoms with van der Waals surface area (Å²) in [5, 5.41) is 9.61. The first-order valence-electron chi connectivity index (χ1n) is 13.5. The number of carboxylic acid groups (broad SMARTS) is 1. The zero-order valence-corrected chi connectivity index (χ0v) is 23.0. The number of aromatic nitrogens is 6. The van der Waals surface area contributed by atoms with Gasteiger partial charge in [0, 0.05) is 46.2 Å². The lowest BCUT2D eigenvalue weighted by Gasteiger charge is -2.45. The van der Waals surface area contributed by atoms with Gasteiger partial charge in [-0.2, -0.15) is 9.97 Å². The number of piperazine rings is 1. The Morgan fingerprint density at radius 3 is 2.51 bits per heavy atom. The fourth-order valence-corrected chi connectivity index (χ4v) is 5.80. The molecule has 12 heteroatoms. The number of para-hydroxylation sites is 2. The lowest BCUT2D eigenvalue weighted by molar-refractivity contribution is 0.0217. The molecular weight excluding hydrogens is 498 g/mol. The fraction of sp³-hybridized carbons (Fsp3) is 0.519. The smallest absolute Gasteiger partial charge is 0.407 e. The summed E-state index contributed by atoms with van der Waals surface area (Å²) in [5.74, 6) is 3.16. The van der Waals surface area contributed by atoms with Gasteiger partial charge in [-0.1, -0.05) is 19.1 Å². The second-order valence-electron chi connectivity index (χ2n) is 10.9. The summed E-state index contributed by atoms with van der Waals surface area (Å²) < 4.78 is 9.73. The summed E-state index contributed by atoms with van der Waals surface area (Å²) in [6, 6.07) is 8.07. The van der Waals surface area contributed by atoms with Gasteiger partial charge < -0.3 is 24.2 Å². The van der Waals surface area contributed by atoms with Gasteiger partial charge in [0.1, 0.15) is 11.6 Å². The topological polar surface area (TPSA) is 118 Å². The van der Waals surface area contributed by atoms with Gasteiger partial charge in [0.25, 0.3) is 0 Å². The first kappa shape index (κ1) is 25.5. The predicted octanol–water partition coefficient (Wildman–Crippen LogP) is 2.68. The number of amides is 1. The van der Waals surface area contributed by atoms with Gasteiger partial charge in [0.15, 0.2) is 17.0 Å². The number of benzene rings is 1. The number of fused-ring (bicyclic) bond motifs is 2. The quantitative estimate of drug-likeness (QED) is 0.413. The number of hydrogen-bond donors (Lipinski definition) is 1. The maximum Gasteiger partial charge on any atom is 0.407 e. The molecule has 6 rings (SSSR count). The highest BCUT2D eigenvalue weighted by atomic mass is 16.5. The van der Waals surface area contributed by atoms with Gasteiger partial charge in [-0.3, -0.25) is 9.47 Å². The molecule has 3 aromatic heterocycles. The molecule has 0 unspecified atom stereocenters. The second-order valence-corrected chi connectivity index (χ2v) is 10.9. The lowest BCUT2D eigenvalue weighted by Crippen LogP contribution is -2.60. The van der Waals surface area contributed by atoms with E-state index in [9.17, 15) is 9.90 Å². The summed E-state index contributed by atoms with van der Waals surface area (Å²) in [7, 11) is 2.00. The van der Waals surface area contributed by atoms with Crippen LogP contribution in [0, 0.1) is 0 Å². The highest BCUT2D eigenvalue weighted by Gasteiger charge is 2.37. The van der Waals surface area contributed by atoms with Crippen LogP contribution in [-0.4, -0.2) is 102 Å². The third-order valence-electron chi connectivity index (χ3n) is 7.82. The minimum Gasteiger partial charge on any atom is -0.465 e. The highest BCUT2D eigenvalue weighted by Crippen LogP contribution is 2.29. The SMILES string of the molecule is CCc1nc2ccccc2n1-c1nc(N2CCOCC2)c2nc(CN3CCN(C(=O)O)C(C)(C)C3)n(C)c2n1. The van der Waals surface area contributed by atoms with Crippen molar-refractivity contribution < 1.29 is 14.6 Å². The molecule has 206 valence electrons. The molecule has 1 amide bonds. The third kappa shape index (κ3) is 4.47. The molecule has 0 atom stereocenters. The molecule has 0 saturated carbocycles. The Balaban J connectivity index is 1.44. The van der Waals surface area contributed by atoms with Crippen LogP contribution in [0.2, 0.25) is 0 Å². The normalized spacial score (nSPS) is 18.4. The molecule has 1 N–H and O–H groups in total. The van der Waals surface area contributed by atoms with Crippen LogP contribution in [0.4, 0.5) is 10.6 Å². The Labute approximate surface area is 226 Å². The molecule has 0 spiro atoms. The molecule has 4 aromatic rings. The molecule has 2 saturated heterocycles. The molecule has 0 bridgehead atoms. The summed E-state index contributed by atoms with van der Waals surface area (Å²) in [4.78, 5) is 37.8. The molecule has 5 heterocycles. The Morgan fingerprint density at radius 1 is 1.03 bits per heavy atom. The van der Waals surface area contributed by atoms with Crippen molar-refractivity contribution in [3.63, 3.8) is 0 Å². The van der Waals surface area contributed by atoms with E-state index in [0.717, 1.165) is 59.2 Å². The van der Waals surface area contributed by atoms with Gasteiger partial charge >= 0.3 is 6.09 Å². The average molecular weight is 534 g/mol. The van der Waals surface area contributed by atoms with Gasteiger partial charge in [-0.25, -0.2) is 14.8 Å². The van der Waals surface area contributed by atoms with Crippen molar-refractivity contribution >= 4 is 34.1 Å². The van der Waals surface area contributed by atoms with E-state index in [1.807, 2.05) is 43.7 Å². The Bertz CT molecular complexity index is 1540. The Kier molecular flexibility index (Phi) is 6.38. The van der Waals surface area contributed by atoms with E-state index >= 15 is 0 Å². The molecular formula is C27H35N9O3. The van der Waals surface area contributed by atoms with Crippen molar-refractivity contribution in [1.82, 2.24) is 38.9 Å². The maximum atomic E-state index is 11.7. The predicted molar refractivity (Wildman–Crippen MR) is 147 cm³/mol. The van der Waals surface area contributed by atoms with E-state index in [2.05, 4.69) is 27.4 Å². The fourth-order valence-electron chi connectivity index (χ4n) is 5.80. The second kappa shape index (κ2) is 9.76. The summed E-state index contributed by atoms with van der Waals surface area (Å²) in [6.45, 7) is 11.1. The number of imidazole rings is 2. The summed E-state index contributed by atoms with van der Waals surface area (Å²) in [5.41, 5.74) is 2.94. The van der Waals surface area contributed by atoms with Crippen LogP contribution in [0.5, 0.6) is 0 Å². The number of rotatable bonds is 5. The number of ether oxygens (including phenoxy) is 1. The van der Waals surface area contributed by atoms with Crippen molar-refractivity contribution in [3.05, 3.63) is 35.9 Å². The maximum absolute atomic E-state index is 11.7. The van der Waals surface area contributed by atoms with Crippen LogP contribution >= 0.6 is 0 Å². The molecule has 2 fully saturated rings. The van der Waals surface area contributed by atoms with Crippen LogP contribution in [0.15, 0.2) is 24.3 Å². The van der Waals surface area contributed by atoms with Gasteiger partial charge in [0.05, 0.1) is 36.3 Å². The number of carbonyl (C=O) groups is 1. The van der Waals surface area contributed by atoms with E-state index in [1.54, 1.807) is 0 Å². The standard InChI is InChI=1S/C27H35N9O3/c1-5-20-28-18-8-6-7-9-19(18)36(20)25-30-23-22(24(31-25)34-12-14-39-15-13-34)29-21(32(23)4)16-33-10-11-35(26(37)38)27(2,3)17-33/h6-9H,5,10-17H2,1-4H3,(H,37,38). The molecule has 2 aliphatic heterocycles. The number of anilines is 1. The molecule has 0 aliphatic carbocycles. The van der Waals surface area contributed by atoms with E-state index in [4.69, 9.17) is 24.7 Å². The van der Waals surface area contributed by atoms with E-state index in [-0.39, 0.29) is 0 Å². The van der Waals surface area contributed by atoms with Crippen molar-refractivity contribution in [1.29, 1.82) is 0 Å². The number of morpholine rings is 1. The van der Waals surface area contributed by atoms with Crippen molar-refractivity contribution in [2.24, 2.45) is 7.05 Å².